The second kappa shape index (κ2) is 10.6. The van der Waals surface area contributed by atoms with Gasteiger partial charge in [0.2, 0.25) is 11.8 Å². The molecule has 28 heavy (non-hydrogen) atoms. The minimum Gasteiger partial charge on any atom is -0.383 e. The number of methoxy groups -OCH3 is 1. The summed E-state index contributed by atoms with van der Waals surface area (Å²) < 4.78 is 5.21. The lowest BCUT2D eigenvalue weighted by molar-refractivity contribution is -0.144. The highest BCUT2D eigenvalue weighted by molar-refractivity contribution is 5.84. The molecule has 0 radical (unpaired) electrons. The molecule has 1 saturated carbocycles. The number of carbonyl (C=O) groups is 2. The van der Waals surface area contributed by atoms with Gasteiger partial charge in [0.05, 0.1) is 24.8 Å². The Labute approximate surface area is 168 Å². The maximum absolute atomic E-state index is 13.3. The third kappa shape index (κ3) is 5.77. The van der Waals surface area contributed by atoms with E-state index in [9.17, 15) is 9.59 Å². The van der Waals surface area contributed by atoms with E-state index in [1.54, 1.807) is 13.3 Å². The molecular formula is C22H33N3O3. The molecule has 1 atom stereocenters. The maximum Gasteiger partial charge on any atom is 0.227 e. The number of likely N-dealkylation sites (tertiary alicyclic amines) is 1. The van der Waals surface area contributed by atoms with Gasteiger partial charge in [0.25, 0.3) is 0 Å². The summed E-state index contributed by atoms with van der Waals surface area (Å²) >= 11 is 0. The van der Waals surface area contributed by atoms with Gasteiger partial charge in [0.1, 0.15) is 0 Å². The molecular weight excluding hydrogens is 354 g/mol. The van der Waals surface area contributed by atoms with E-state index in [4.69, 9.17) is 4.74 Å². The number of aromatic nitrogens is 1. The lowest BCUT2D eigenvalue weighted by atomic mass is 9.87. The molecule has 1 saturated heterocycles. The van der Waals surface area contributed by atoms with E-state index in [1.165, 1.54) is 32.1 Å². The predicted octanol–water partition coefficient (Wildman–Crippen LogP) is 2.88. The quantitative estimate of drug-likeness (QED) is 0.688. The molecule has 2 heterocycles. The molecule has 2 fully saturated rings. The van der Waals surface area contributed by atoms with Crippen LogP contribution in [0.5, 0.6) is 0 Å². The first-order valence-corrected chi connectivity index (χ1v) is 10.6. The molecule has 2 amide bonds. The van der Waals surface area contributed by atoms with Gasteiger partial charge in [-0.3, -0.25) is 14.6 Å². The molecule has 0 spiro atoms. The highest BCUT2D eigenvalue weighted by Crippen LogP contribution is 2.27. The van der Waals surface area contributed by atoms with E-state index in [-0.39, 0.29) is 17.7 Å². The summed E-state index contributed by atoms with van der Waals surface area (Å²) in [7, 11) is 1.65. The van der Waals surface area contributed by atoms with Crippen molar-refractivity contribution in [1.29, 1.82) is 0 Å². The van der Waals surface area contributed by atoms with Crippen LogP contribution in [0.1, 0.15) is 50.6 Å². The van der Waals surface area contributed by atoms with Crippen molar-refractivity contribution in [3.63, 3.8) is 0 Å². The minimum absolute atomic E-state index is 0.115. The summed E-state index contributed by atoms with van der Waals surface area (Å²) in [5.41, 5.74) is 0.873. The van der Waals surface area contributed by atoms with Crippen LogP contribution in [0.15, 0.2) is 24.4 Å². The second-order valence-electron chi connectivity index (χ2n) is 8.11. The second-order valence-corrected chi connectivity index (χ2v) is 8.11. The first kappa shape index (κ1) is 20.8. The smallest absolute Gasteiger partial charge is 0.227 e. The number of pyridine rings is 1. The van der Waals surface area contributed by atoms with Crippen molar-refractivity contribution < 1.29 is 14.3 Å². The van der Waals surface area contributed by atoms with Gasteiger partial charge in [-0.1, -0.05) is 25.3 Å². The molecule has 3 rings (SSSR count). The fourth-order valence-electron chi connectivity index (χ4n) is 4.39. The van der Waals surface area contributed by atoms with Gasteiger partial charge < -0.3 is 14.5 Å². The predicted molar refractivity (Wildman–Crippen MR) is 107 cm³/mol. The Hall–Kier alpha value is -1.95. The van der Waals surface area contributed by atoms with Crippen molar-refractivity contribution in [3.8, 4) is 0 Å². The van der Waals surface area contributed by atoms with E-state index in [1.807, 2.05) is 28.0 Å². The van der Waals surface area contributed by atoms with Gasteiger partial charge in [0, 0.05) is 39.4 Å². The molecule has 0 aromatic carbocycles. The van der Waals surface area contributed by atoms with E-state index in [0.29, 0.717) is 45.0 Å². The summed E-state index contributed by atoms with van der Waals surface area (Å²) in [6.07, 6.45) is 9.14. The van der Waals surface area contributed by atoms with Gasteiger partial charge in [-0.2, -0.15) is 0 Å². The highest BCUT2D eigenvalue weighted by atomic mass is 16.5. The van der Waals surface area contributed by atoms with Gasteiger partial charge in [0.15, 0.2) is 0 Å². The van der Waals surface area contributed by atoms with E-state index in [2.05, 4.69) is 4.98 Å². The largest absolute Gasteiger partial charge is 0.383 e. The average Bonchev–Trinajstić information content (AvgIpc) is 2.73. The van der Waals surface area contributed by atoms with Crippen molar-refractivity contribution >= 4 is 11.8 Å². The number of amides is 2. The summed E-state index contributed by atoms with van der Waals surface area (Å²) in [6.45, 7) is 2.89. The Morgan fingerprint density at radius 3 is 2.79 bits per heavy atom. The Balaban J connectivity index is 1.62. The topological polar surface area (TPSA) is 62.7 Å². The molecule has 0 N–H and O–H groups in total. The lowest BCUT2D eigenvalue weighted by Gasteiger charge is -2.37. The zero-order valence-corrected chi connectivity index (χ0v) is 17.0. The highest BCUT2D eigenvalue weighted by Gasteiger charge is 2.34. The van der Waals surface area contributed by atoms with Crippen LogP contribution in [0.2, 0.25) is 0 Å². The summed E-state index contributed by atoms with van der Waals surface area (Å²) in [5, 5.41) is 0. The van der Waals surface area contributed by atoms with Gasteiger partial charge in [-0.25, -0.2) is 0 Å². The molecule has 0 bridgehead atoms. The van der Waals surface area contributed by atoms with Crippen LogP contribution in [-0.4, -0.2) is 59.9 Å². The Kier molecular flexibility index (Phi) is 7.83. The van der Waals surface area contributed by atoms with Crippen LogP contribution >= 0.6 is 0 Å². The molecule has 1 aromatic heterocycles. The van der Waals surface area contributed by atoms with Crippen molar-refractivity contribution in [2.24, 2.45) is 11.8 Å². The van der Waals surface area contributed by atoms with Crippen LogP contribution in [0.3, 0.4) is 0 Å². The first-order chi connectivity index (χ1) is 13.7. The molecule has 2 aliphatic rings. The fraction of sp³-hybridized carbons (Fsp3) is 0.682. The SMILES string of the molecule is COCCN(Cc1ccccn1)C(=O)[C@@H]1CCC(=O)N(CC2CCCCC2)C1. The van der Waals surface area contributed by atoms with Gasteiger partial charge >= 0.3 is 0 Å². The Morgan fingerprint density at radius 1 is 1.25 bits per heavy atom. The van der Waals surface area contributed by atoms with Crippen LogP contribution < -0.4 is 0 Å². The van der Waals surface area contributed by atoms with Gasteiger partial charge in [-0.15, -0.1) is 0 Å². The zero-order chi connectivity index (χ0) is 19.8. The number of rotatable bonds is 8. The van der Waals surface area contributed by atoms with Crippen molar-refractivity contribution in [3.05, 3.63) is 30.1 Å². The van der Waals surface area contributed by atoms with E-state index >= 15 is 0 Å². The van der Waals surface area contributed by atoms with Crippen molar-refractivity contribution in [1.82, 2.24) is 14.8 Å². The van der Waals surface area contributed by atoms with Crippen LogP contribution in [0.4, 0.5) is 0 Å². The number of hydrogen-bond donors (Lipinski definition) is 0. The normalized spacial score (nSPS) is 21.0. The number of nitrogens with zero attached hydrogens (tertiary/aromatic N) is 3. The van der Waals surface area contributed by atoms with Crippen LogP contribution in [0.25, 0.3) is 0 Å². The standard InChI is InChI=1S/C22H33N3O3/c1-28-14-13-24(17-20-9-5-6-12-23-20)22(27)19-10-11-21(26)25(16-19)15-18-7-3-2-4-8-18/h5-6,9,12,18-19H,2-4,7-8,10-11,13-17H2,1H3/t19-/m1/s1. The summed E-state index contributed by atoms with van der Waals surface area (Å²) in [4.78, 5) is 33.9. The van der Waals surface area contributed by atoms with Crippen molar-refractivity contribution in [2.75, 3.05) is 33.4 Å². The first-order valence-electron chi connectivity index (χ1n) is 10.6. The Bertz CT molecular complexity index is 631. The summed E-state index contributed by atoms with van der Waals surface area (Å²) in [5.74, 6) is 0.804. The molecule has 0 unspecified atom stereocenters. The average molecular weight is 388 g/mol. The third-order valence-corrected chi connectivity index (χ3v) is 6.01. The molecule has 1 aliphatic carbocycles. The lowest BCUT2D eigenvalue weighted by Crippen LogP contribution is -2.48. The van der Waals surface area contributed by atoms with Crippen LogP contribution in [0, 0.1) is 11.8 Å². The minimum atomic E-state index is -0.123. The summed E-state index contributed by atoms with van der Waals surface area (Å²) in [6, 6.07) is 5.75. The third-order valence-electron chi connectivity index (χ3n) is 6.01. The van der Waals surface area contributed by atoms with Crippen molar-refractivity contribution in [2.45, 2.75) is 51.5 Å². The monoisotopic (exact) mass is 387 g/mol. The van der Waals surface area contributed by atoms with E-state index in [0.717, 1.165) is 12.2 Å². The maximum atomic E-state index is 13.3. The van der Waals surface area contributed by atoms with Gasteiger partial charge in [-0.05, 0) is 37.3 Å². The van der Waals surface area contributed by atoms with Crippen LogP contribution in [-0.2, 0) is 20.9 Å². The molecule has 6 nitrogen and oxygen atoms in total. The molecule has 154 valence electrons. The fourth-order valence-corrected chi connectivity index (χ4v) is 4.39. The molecule has 1 aliphatic heterocycles. The molecule has 1 aromatic rings. The Morgan fingerprint density at radius 2 is 2.07 bits per heavy atom. The van der Waals surface area contributed by atoms with E-state index < -0.39 is 0 Å². The number of hydrogen-bond acceptors (Lipinski definition) is 4. The zero-order valence-electron chi connectivity index (χ0n) is 17.0. The molecule has 6 heteroatoms. The number of carbonyl (C=O) groups excluding carboxylic acids is 2. The number of piperidine rings is 1. The number of ether oxygens (including phenoxy) is 1.